The van der Waals surface area contributed by atoms with Gasteiger partial charge in [0, 0.05) is 5.69 Å². The van der Waals surface area contributed by atoms with Crippen molar-refractivity contribution in [2.24, 2.45) is 0 Å². The van der Waals surface area contributed by atoms with E-state index in [1.165, 1.54) is 134 Å². The quantitative estimate of drug-likeness (QED) is 0.0411. The summed E-state index contributed by atoms with van der Waals surface area (Å²) in [7, 11) is -3.28. The molecule has 0 aliphatic carbocycles. The van der Waals surface area contributed by atoms with E-state index < -0.39 is 10.0 Å². The zero-order chi connectivity index (χ0) is 47.3. The number of aryl methyl sites for hydroxylation is 1. The molecule has 0 fully saturated rings. The number of rotatable bonds is 39. The molecule has 0 spiro atoms. The largest absolute Gasteiger partial charge is 0.494 e. The third kappa shape index (κ3) is 37.4. The van der Waals surface area contributed by atoms with Crippen molar-refractivity contribution in [2.75, 3.05) is 56.7 Å². The van der Waals surface area contributed by atoms with E-state index >= 15 is 0 Å². The number of sulfonamides is 1. The third-order valence-corrected chi connectivity index (χ3v) is 12.3. The summed E-state index contributed by atoms with van der Waals surface area (Å²) in [5.74, 6) is 2.69. The number of unbranched alkanes of at least 4 members (excludes halogenated alkanes) is 22. The molecule has 0 aromatic heterocycles. The topological polar surface area (TPSA) is 144 Å². The van der Waals surface area contributed by atoms with Crippen molar-refractivity contribution in [2.45, 2.75) is 181 Å². The lowest BCUT2D eigenvalue weighted by Crippen LogP contribution is -2.16. The van der Waals surface area contributed by atoms with Crippen LogP contribution in [0.2, 0.25) is 0 Å². The second-order valence-electron chi connectivity index (χ2n) is 16.9. The van der Waals surface area contributed by atoms with E-state index in [9.17, 15) is 8.42 Å². The van der Waals surface area contributed by atoms with Gasteiger partial charge in [-0.25, -0.2) is 8.42 Å². The predicted molar refractivity (Wildman–Crippen MR) is 271 cm³/mol. The van der Waals surface area contributed by atoms with Gasteiger partial charge in [-0.1, -0.05) is 185 Å². The van der Waals surface area contributed by atoms with E-state index in [2.05, 4.69) is 18.6 Å². The minimum absolute atomic E-state index is 0.0356. The molecule has 65 heavy (non-hydrogen) atoms. The normalized spacial score (nSPS) is 11.0. The first-order chi connectivity index (χ1) is 31.8. The van der Waals surface area contributed by atoms with E-state index in [0.717, 1.165) is 48.7 Å². The van der Waals surface area contributed by atoms with Gasteiger partial charge in [0.2, 0.25) is 10.0 Å². The fraction of sp³-hybridized carbons (Fsp3) is 0.667. The lowest BCUT2D eigenvalue weighted by Gasteiger charge is -2.09. The van der Waals surface area contributed by atoms with E-state index in [1.54, 1.807) is 24.3 Å². The molecule has 3 rings (SSSR count). The Kier molecular flexibility index (Phi) is 39.7. The number of aliphatic hydroxyl groups is 3. The molecule has 0 bridgehead atoms. The van der Waals surface area contributed by atoms with E-state index in [1.807, 2.05) is 55.5 Å². The summed E-state index contributed by atoms with van der Waals surface area (Å²) in [6.45, 7) is 9.10. The molecule has 372 valence electrons. The molecule has 0 saturated carbocycles. The first kappa shape index (κ1) is 59.7. The monoisotopic (exact) mass is 930 g/mol. The summed E-state index contributed by atoms with van der Waals surface area (Å²) in [6.07, 6.45) is 31.0. The van der Waals surface area contributed by atoms with Gasteiger partial charge in [-0.2, -0.15) is 0 Å². The molecular formula is C54H91NO9S. The van der Waals surface area contributed by atoms with E-state index in [4.69, 9.17) is 34.3 Å². The minimum Gasteiger partial charge on any atom is -0.494 e. The summed E-state index contributed by atoms with van der Waals surface area (Å²) in [6, 6.07) is 22.3. The number of aliphatic hydroxyl groups excluding tert-OH is 3. The minimum atomic E-state index is -3.28. The molecule has 0 aliphatic rings. The Morgan fingerprint density at radius 3 is 1.25 bits per heavy atom. The van der Waals surface area contributed by atoms with Crippen molar-refractivity contribution in [3.05, 3.63) is 83.9 Å². The maximum absolute atomic E-state index is 12.1. The fourth-order valence-electron chi connectivity index (χ4n) is 6.99. The summed E-state index contributed by atoms with van der Waals surface area (Å²) < 4.78 is 48.5. The van der Waals surface area contributed by atoms with Crippen LogP contribution < -0.4 is 18.9 Å². The molecule has 0 unspecified atom stereocenters. The molecule has 0 aliphatic heterocycles. The SMILES string of the molecule is CCCCCCCCCCCCCCCCS(=O)(=O)Nc1ccc(CO)cc1.CCCCCCCCCCCCOc1ccc(OCCOCCO)cc1.Cc1ccc(OCCO)cc1. The van der Waals surface area contributed by atoms with Crippen molar-refractivity contribution in [3.63, 3.8) is 0 Å². The molecule has 0 atom stereocenters. The number of hydrogen-bond acceptors (Lipinski definition) is 9. The molecular weight excluding hydrogens is 839 g/mol. The summed E-state index contributed by atoms with van der Waals surface area (Å²) in [5, 5.41) is 26.1. The van der Waals surface area contributed by atoms with Crippen LogP contribution in [-0.2, 0) is 21.4 Å². The molecule has 11 heteroatoms. The third-order valence-electron chi connectivity index (χ3n) is 10.9. The van der Waals surface area contributed by atoms with Gasteiger partial charge in [0.15, 0.2) is 0 Å². The van der Waals surface area contributed by atoms with E-state index in [0.29, 0.717) is 38.5 Å². The standard InChI is InChI=1S/C23H41NO3S.C22H38O4.C9H12O2/c1-2-3-4-5-6-7-8-9-10-11-12-13-14-15-20-28(26,27)24-23-18-16-22(21-25)17-19-23;1-2-3-4-5-6-7-8-9-10-11-17-25-21-12-14-22(15-13-21)26-20-19-24-18-16-23;1-8-2-4-9(5-3-8)11-7-6-10/h16-19,24-25H,2-15,20-21H2,1H3;12-15,23H,2-11,16-20H2,1H3;2-5,10H,6-7H2,1H3. The molecule has 3 aromatic carbocycles. The van der Waals surface area contributed by atoms with Crippen LogP contribution in [0.1, 0.15) is 179 Å². The average Bonchev–Trinajstić information content (AvgIpc) is 3.31. The van der Waals surface area contributed by atoms with Crippen LogP contribution in [0, 0.1) is 6.92 Å². The Hall–Kier alpha value is -3.35. The Morgan fingerprint density at radius 1 is 0.431 bits per heavy atom. The smallest absolute Gasteiger partial charge is 0.232 e. The zero-order valence-electron chi connectivity index (χ0n) is 41.0. The lowest BCUT2D eigenvalue weighted by atomic mass is 10.0. The van der Waals surface area contributed by atoms with Crippen molar-refractivity contribution >= 4 is 15.7 Å². The number of nitrogens with one attached hydrogen (secondary N) is 1. The Bertz CT molecular complexity index is 1550. The highest BCUT2D eigenvalue weighted by Crippen LogP contribution is 2.19. The molecule has 10 nitrogen and oxygen atoms in total. The van der Waals surface area contributed by atoms with Crippen molar-refractivity contribution in [1.29, 1.82) is 0 Å². The number of benzene rings is 3. The molecule has 0 heterocycles. The molecule has 4 N–H and O–H groups in total. The highest BCUT2D eigenvalue weighted by atomic mass is 32.2. The first-order valence-corrected chi connectivity index (χ1v) is 27.0. The second kappa shape index (κ2) is 43.2. The van der Waals surface area contributed by atoms with E-state index in [-0.39, 0.29) is 25.6 Å². The molecule has 3 aromatic rings. The highest BCUT2D eigenvalue weighted by molar-refractivity contribution is 7.92. The first-order valence-electron chi connectivity index (χ1n) is 25.3. The second-order valence-corrected chi connectivity index (χ2v) is 18.8. The van der Waals surface area contributed by atoms with Crippen LogP contribution in [0.3, 0.4) is 0 Å². The maximum atomic E-state index is 12.1. The van der Waals surface area contributed by atoms with Gasteiger partial charge in [-0.3, -0.25) is 4.72 Å². The van der Waals surface area contributed by atoms with Gasteiger partial charge >= 0.3 is 0 Å². The Balaban J connectivity index is 0.000000529. The van der Waals surface area contributed by atoms with Crippen LogP contribution in [0.25, 0.3) is 0 Å². The zero-order valence-corrected chi connectivity index (χ0v) is 41.8. The average molecular weight is 930 g/mol. The van der Waals surface area contributed by atoms with Crippen LogP contribution in [0.5, 0.6) is 17.2 Å². The Labute approximate surface area is 396 Å². The van der Waals surface area contributed by atoms with Gasteiger partial charge in [0.1, 0.15) is 30.5 Å². The van der Waals surface area contributed by atoms with Crippen molar-refractivity contribution in [3.8, 4) is 17.2 Å². The van der Waals surface area contributed by atoms with Crippen LogP contribution in [0.15, 0.2) is 72.8 Å². The fourth-order valence-corrected chi connectivity index (χ4v) is 8.17. The van der Waals surface area contributed by atoms with Gasteiger partial charge in [-0.15, -0.1) is 0 Å². The lowest BCUT2D eigenvalue weighted by molar-refractivity contribution is 0.0705. The van der Waals surface area contributed by atoms with Crippen LogP contribution in [0.4, 0.5) is 5.69 Å². The van der Waals surface area contributed by atoms with Gasteiger partial charge in [-0.05, 0) is 73.9 Å². The molecule has 0 saturated heterocycles. The predicted octanol–water partition coefficient (Wildman–Crippen LogP) is 13.1. The van der Waals surface area contributed by atoms with Gasteiger partial charge in [0.25, 0.3) is 0 Å². The van der Waals surface area contributed by atoms with Gasteiger partial charge < -0.3 is 34.3 Å². The number of ether oxygens (including phenoxy) is 4. The molecule has 0 amide bonds. The van der Waals surface area contributed by atoms with Gasteiger partial charge in [0.05, 0.1) is 45.4 Å². The summed E-state index contributed by atoms with van der Waals surface area (Å²) >= 11 is 0. The maximum Gasteiger partial charge on any atom is 0.232 e. The summed E-state index contributed by atoms with van der Waals surface area (Å²) in [4.78, 5) is 0. The van der Waals surface area contributed by atoms with Crippen LogP contribution in [-0.4, -0.2) is 75.7 Å². The summed E-state index contributed by atoms with van der Waals surface area (Å²) in [5.41, 5.74) is 2.54. The number of anilines is 1. The highest BCUT2D eigenvalue weighted by Gasteiger charge is 2.10. The van der Waals surface area contributed by atoms with Crippen molar-refractivity contribution in [1.82, 2.24) is 0 Å². The van der Waals surface area contributed by atoms with Crippen molar-refractivity contribution < 1.29 is 42.7 Å². The Morgan fingerprint density at radius 2 is 0.815 bits per heavy atom. The molecule has 0 radical (unpaired) electrons. The number of hydrogen-bond donors (Lipinski definition) is 4. The van der Waals surface area contributed by atoms with Crippen LogP contribution >= 0.6 is 0 Å².